The fourth-order valence-corrected chi connectivity index (χ4v) is 4.87. The van der Waals surface area contributed by atoms with Gasteiger partial charge in [0.2, 0.25) is 17.4 Å². The number of nitrogens with zero attached hydrogens (tertiary/aromatic N) is 1. The molecule has 2 aromatic carbocycles. The number of aromatic nitrogens is 1. The van der Waals surface area contributed by atoms with E-state index in [1.54, 1.807) is 24.4 Å². The van der Waals surface area contributed by atoms with Gasteiger partial charge in [0.1, 0.15) is 6.04 Å². The summed E-state index contributed by atoms with van der Waals surface area (Å²) in [6.45, 7) is 3.99. The van der Waals surface area contributed by atoms with Crippen LogP contribution in [0.25, 0.3) is 11.1 Å². The number of hydrogen-bond donors (Lipinski definition) is 4. The second kappa shape index (κ2) is 9.62. The van der Waals surface area contributed by atoms with E-state index in [2.05, 4.69) is 20.9 Å². The highest BCUT2D eigenvalue weighted by molar-refractivity contribution is 6.05. The van der Waals surface area contributed by atoms with Crippen LogP contribution in [0.2, 0.25) is 0 Å². The van der Waals surface area contributed by atoms with Crippen LogP contribution in [0.15, 0.2) is 65.6 Å². The van der Waals surface area contributed by atoms with Gasteiger partial charge in [0.15, 0.2) is 0 Å². The molecule has 0 bridgehead atoms. The lowest BCUT2D eigenvalue weighted by molar-refractivity contribution is -0.136. The minimum absolute atomic E-state index is 0.176. The second-order valence-corrected chi connectivity index (χ2v) is 9.99. The molecule has 0 aliphatic carbocycles. The van der Waals surface area contributed by atoms with E-state index >= 15 is 0 Å². The summed E-state index contributed by atoms with van der Waals surface area (Å²) in [6, 6.07) is 14.9. The molecule has 2 aliphatic rings. The summed E-state index contributed by atoms with van der Waals surface area (Å²) in [5.74, 6) is -1.07. The Morgan fingerprint density at radius 1 is 0.974 bits per heavy atom. The monoisotopic (exact) mass is 513 g/mol. The average molecular weight is 514 g/mol. The molecule has 5 rings (SSSR count). The summed E-state index contributed by atoms with van der Waals surface area (Å²) in [4.78, 5) is 65.1. The van der Waals surface area contributed by atoms with Crippen molar-refractivity contribution in [3.63, 3.8) is 0 Å². The van der Waals surface area contributed by atoms with Crippen LogP contribution in [0.5, 0.6) is 0 Å². The van der Waals surface area contributed by atoms with Crippen LogP contribution in [-0.4, -0.2) is 39.7 Å². The van der Waals surface area contributed by atoms with E-state index in [1.807, 2.05) is 44.2 Å². The molecule has 2 aliphatic heterocycles. The molecule has 0 saturated carbocycles. The van der Waals surface area contributed by atoms with Crippen molar-refractivity contribution in [1.82, 2.24) is 20.5 Å². The van der Waals surface area contributed by atoms with Gasteiger partial charge < -0.3 is 20.5 Å². The maximum absolute atomic E-state index is 12.9. The molecule has 38 heavy (non-hydrogen) atoms. The number of urea groups is 1. The van der Waals surface area contributed by atoms with E-state index in [4.69, 9.17) is 0 Å². The van der Waals surface area contributed by atoms with Crippen molar-refractivity contribution in [2.45, 2.75) is 44.8 Å². The van der Waals surface area contributed by atoms with E-state index in [1.165, 1.54) is 11.0 Å². The third-order valence-electron chi connectivity index (χ3n) is 6.92. The summed E-state index contributed by atoms with van der Waals surface area (Å²) < 4.78 is 0. The normalized spacial score (nSPS) is 17.2. The number of carbonyl (C=O) groups excluding carboxylic acids is 4. The average Bonchev–Trinajstić information content (AvgIpc) is 3.19. The number of fused-ring (bicyclic) bond motifs is 1. The van der Waals surface area contributed by atoms with Gasteiger partial charge in [0.05, 0.1) is 5.54 Å². The standard InChI is InChI=1S/C28H27N5O5/c1-28(2,19-5-3-16(4-6-19)17-11-12-29-24(35)14-17)32-27(38)30-20-7-8-21-18(13-20)15-33(26(21)37)22-9-10-23(34)31-25(22)36/h3-8,11-14,22H,9-10,15H2,1-2H3,(H,29,35)(H2,30,32,38)(H,31,34,36). The first-order valence-corrected chi connectivity index (χ1v) is 12.3. The van der Waals surface area contributed by atoms with Gasteiger partial charge in [-0.05, 0) is 66.8 Å². The molecule has 3 heterocycles. The Morgan fingerprint density at radius 2 is 1.74 bits per heavy atom. The van der Waals surface area contributed by atoms with E-state index in [-0.39, 0.29) is 36.8 Å². The van der Waals surface area contributed by atoms with Crippen LogP contribution in [0.4, 0.5) is 10.5 Å². The number of benzene rings is 2. The molecule has 0 spiro atoms. The van der Waals surface area contributed by atoms with Crippen molar-refractivity contribution < 1.29 is 19.2 Å². The zero-order chi connectivity index (χ0) is 27.0. The van der Waals surface area contributed by atoms with Gasteiger partial charge in [-0.15, -0.1) is 0 Å². The highest BCUT2D eigenvalue weighted by atomic mass is 16.2. The van der Waals surface area contributed by atoms with Crippen molar-refractivity contribution in [2.75, 3.05) is 5.32 Å². The molecule has 3 aromatic rings. The zero-order valence-electron chi connectivity index (χ0n) is 21.0. The van der Waals surface area contributed by atoms with Crippen molar-refractivity contribution in [2.24, 2.45) is 0 Å². The number of hydrogen-bond acceptors (Lipinski definition) is 5. The van der Waals surface area contributed by atoms with Gasteiger partial charge in [0.25, 0.3) is 5.91 Å². The molecule has 0 radical (unpaired) electrons. The number of aromatic amines is 1. The van der Waals surface area contributed by atoms with Crippen molar-refractivity contribution >= 4 is 29.4 Å². The summed E-state index contributed by atoms with van der Waals surface area (Å²) >= 11 is 0. The highest BCUT2D eigenvalue weighted by Crippen LogP contribution is 2.30. The first kappa shape index (κ1) is 24.9. The molecule has 1 fully saturated rings. The number of imide groups is 1. The number of anilines is 1. The molecule has 10 heteroatoms. The molecule has 5 amide bonds. The molecule has 1 unspecified atom stereocenters. The quantitative estimate of drug-likeness (QED) is 0.389. The lowest BCUT2D eigenvalue weighted by Gasteiger charge is -2.29. The highest BCUT2D eigenvalue weighted by Gasteiger charge is 2.39. The van der Waals surface area contributed by atoms with E-state index in [0.29, 0.717) is 16.8 Å². The van der Waals surface area contributed by atoms with E-state index < -0.39 is 23.5 Å². The van der Waals surface area contributed by atoms with Gasteiger partial charge in [-0.3, -0.25) is 24.5 Å². The Balaban J connectivity index is 1.24. The van der Waals surface area contributed by atoms with Crippen LogP contribution in [-0.2, 0) is 21.7 Å². The predicted octanol–water partition coefficient (Wildman–Crippen LogP) is 2.86. The summed E-state index contributed by atoms with van der Waals surface area (Å²) in [7, 11) is 0. The number of nitrogens with one attached hydrogen (secondary N) is 4. The third-order valence-corrected chi connectivity index (χ3v) is 6.92. The van der Waals surface area contributed by atoms with Gasteiger partial charge >= 0.3 is 6.03 Å². The number of rotatable bonds is 5. The first-order chi connectivity index (χ1) is 18.1. The van der Waals surface area contributed by atoms with Crippen LogP contribution < -0.4 is 21.5 Å². The fourth-order valence-electron chi connectivity index (χ4n) is 4.87. The summed E-state index contributed by atoms with van der Waals surface area (Å²) in [5, 5.41) is 8.08. The Labute approximate surface area is 218 Å². The lowest BCUT2D eigenvalue weighted by atomic mass is 9.92. The smallest absolute Gasteiger partial charge is 0.319 e. The van der Waals surface area contributed by atoms with E-state index in [0.717, 1.165) is 16.7 Å². The molecule has 4 N–H and O–H groups in total. The number of amides is 5. The van der Waals surface area contributed by atoms with Gasteiger partial charge in [-0.2, -0.15) is 0 Å². The minimum atomic E-state index is -0.702. The molecule has 1 atom stereocenters. The number of pyridine rings is 1. The first-order valence-electron chi connectivity index (χ1n) is 12.3. The maximum Gasteiger partial charge on any atom is 0.319 e. The molecule has 1 saturated heterocycles. The third kappa shape index (κ3) is 4.93. The number of H-pyrrole nitrogens is 1. The van der Waals surface area contributed by atoms with Crippen molar-refractivity contribution in [3.05, 3.63) is 87.8 Å². The number of piperidine rings is 1. The predicted molar refractivity (Wildman–Crippen MR) is 140 cm³/mol. The topological polar surface area (TPSA) is 140 Å². The summed E-state index contributed by atoms with van der Waals surface area (Å²) in [5.41, 5.74) is 3.37. The maximum atomic E-state index is 12.9. The van der Waals surface area contributed by atoms with Crippen LogP contribution >= 0.6 is 0 Å². The molecule has 10 nitrogen and oxygen atoms in total. The van der Waals surface area contributed by atoms with Crippen molar-refractivity contribution in [3.8, 4) is 11.1 Å². The SMILES string of the molecule is CC(C)(NC(=O)Nc1ccc2c(c1)CN(C1CCC(=O)NC1=O)C2=O)c1ccc(-c2cc[nH]c(=O)c2)cc1. The Morgan fingerprint density at radius 3 is 2.45 bits per heavy atom. The van der Waals surface area contributed by atoms with Crippen LogP contribution in [0, 0.1) is 0 Å². The van der Waals surface area contributed by atoms with Gasteiger partial charge in [-0.1, -0.05) is 24.3 Å². The Hall–Kier alpha value is -4.73. The molecule has 1 aromatic heterocycles. The fraction of sp³-hybridized carbons (Fsp3) is 0.250. The van der Waals surface area contributed by atoms with Crippen LogP contribution in [0.1, 0.15) is 48.2 Å². The minimum Gasteiger partial charge on any atom is -0.329 e. The Bertz CT molecular complexity index is 1510. The van der Waals surface area contributed by atoms with E-state index in [9.17, 15) is 24.0 Å². The Kier molecular flexibility index (Phi) is 6.31. The van der Waals surface area contributed by atoms with Gasteiger partial charge in [-0.25, -0.2) is 4.79 Å². The summed E-state index contributed by atoms with van der Waals surface area (Å²) in [6.07, 6.45) is 2.08. The molecular weight excluding hydrogens is 486 g/mol. The van der Waals surface area contributed by atoms with Crippen LogP contribution in [0.3, 0.4) is 0 Å². The lowest BCUT2D eigenvalue weighted by Crippen LogP contribution is -2.52. The van der Waals surface area contributed by atoms with Crippen molar-refractivity contribution in [1.29, 1.82) is 0 Å². The second-order valence-electron chi connectivity index (χ2n) is 9.99. The molecule has 194 valence electrons. The largest absolute Gasteiger partial charge is 0.329 e. The molecular formula is C28H27N5O5. The van der Waals surface area contributed by atoms with Gasteiger partial charge in [0, 0.05) is 36.5 Å². The zero-order valence-corrected chi connectivity index (χ0v) is 21.0. The number of carbonyl (C=O) groups is 4.